The van der Waals surface area contributed by atoms with E-state index >= 15 is 0 Å². The molecule has 0 unspecified atom stereocenters. The maximum atomic E-state index is 10.3. The summed E-state index contributed by atoms with van der Waals surface area (Å²) in [6.07, 6.45) is -1.12. The van der Waals surface area contributed by atoms with Crippen LogP contribution in [0.15, 0.2) is 0 Å². The number of hydrogen-bond donors (Lipinski definition) is 2. The van der Waals surface area contributed by atoms with Gasteiger partial charge in [-0.1, -0.05) is 0 Å². The molecule has 0 rings (SSSR count). The van der Waals surface area contributed by atoms with E-state index in [4.69, 9.17) is 10.8 Å². The fourth-order valence-electron chi connectivity index (χ4n) is 0.618. The Morgan fingerprint density at radius 1 is 1.14 bits per heavy atom. The van der Waals surface area contributed by atoms with E-state index < -0.39 is 33.2 Å². The molecule has 0 aliphatic heterocycles. The molecule has 0 heterocycles. The van der Waals surface area contributed by atoms with E-state index in [0.717, 1.165) is 0 Å². The van der Waals surface area contributed by atoms with Gasteiger partial charge in [-0.25, -0.2) is 0 Å². The molecule has 1 radical (unpaired) electrons. The van der Waals surface area contributed by atoms with Crippen LogP contribution >= 0.6 is 15.2 Å². The number of hydrogen-bond acceptors (Lipinski definition) is 8. The molecule has 0 aromatic carbocycles. The summed E-state index contributed by atoms with van der Waals surface area (Å²) in [4.78, 5) is 41.1. The summed E-state index contributed by atoms with van der Waals surface area (Å²) in [5.41, 5.74) is 4.75. The molecule has 0 aromatic heterocycles. The molecule has 0 saturated heterocycles. The molecule has 0 aliphatic rings. The van der Waals surface area contributed by atoms with Crippen LogP contribution < -0.4 is 25.3 Å². The molecule has 0 spiro atoms. The zero-order chi connectivity index (χ0) is 10.9. The van der Waals surface area contributed by atoms with Crippen LogP contribution in [-0.4, -0.2) is 16.7 Å². The molecule has 83 valence electrons. The minimum Gasteiger partial charge on any atom is -0.808 e. The summed E-state index contributed by atoms with van der Waals surface area (Å²) < 4.78 is 20.6. The van der Waals surface area contributed by atoms with Crippen LogP contribution in [0.25, 0.3) is 0 Å². The number of aliphatic hydroxyl groups is 1. The predicted octanol–water partition coefficient (Wildman–Crippen LogP) is -4.19. The third-order valence-corrected chi connectivity index (χ3v) is 5.03. The van der Waals surface area contributed by atoms with Gasteiger partial charge in [-0.3, -0.25) is 0 Å². The second kappa shape index (κ2) is 5.27. The van der Waals surface area contributed by atoms with Crippen molar-refractivity contribution in [1.29, 1.82) is 0 Å². The van der Waals surface area contributed by atoms with Gasteiger partial charge in [0.1, 0.15) is 5.08 Å². The van der Waals surface area contributed by atoms with Crippen molar-refractivity contribution in [2.24, 2.45) is 5.73 Å². The first-order chi connectivity index (χ1) is 5.56. The largest absolute Gasteiger partial charge is 4.00 e. The zero-order valence-corrected chi connectivity index (χ0v) is 10.3. The molecule has 0 aliphatic carbocycles. The van der Waals surface area contributed by atoms with Crippen molar-refractivity contribution in [2.75, 3.05) is 6.54 Å². The van der Waals surface area contributed by atoms with Gasteiger partial charge >= 0.3 is 20.1 Å². The smallest absolute Gasteiger partial charge is 0.808 e. The third-order valence-electron chi connectivity index (χ3n) is 1.36. The van der Waals surface area contributed by atoms with Gasteiger partial charge in [-0.15, -0.1) is 0 Å². The predicted molar refractivity (Wildman–Crippen MR) is 33.8 cm³/mol. The SMILES string of the molecule is NCCC(O)(P(=O)([O-])[O-])P(=O)([O-])[O-].[Tc+4]. The summed E-state index contributed by atoms with van der Waals surface area (Å²) >= 11 is 0. The molecule has 0 saturated carbocycles. The van der Waals surface area contributed by atoms with Crippen LogP contribution in [0.4, 0.5) is 0 Å². The second-order valence-corrected chi connectivity index (χ2v) is 6.13. The summed E-state index contributed by atoms with van der Waals surface area (Å²) in [5.74, 6) is 0. The summed E-state index contributed by atoms with van der Waals surface area (Å²) in [6, 6.07) is 0. The van der Waals surface area contributed by atoms with Gasteiger partial charge in [0.2, 0.25) is 0 Å². The van der Waals surface area contributed by atoms with Crippen molar-refractivity contribution in [3.8, 4) is 0 Å². The van der Waals surface area contributed by atoms with E-state index in [0.29, 0.717) is 0 Å². The van der Waals surface area contributed by atoms with Gasteiger partial charge in [-0.05, 0) is 28.2 Å². The van der Waals surface area contributed by atoms with Crippen molar-refractivity contribution < 1.29 is 53.9 Å². The molecular formula is C3H7NO7P2Tc. The standard InChI is InChI=1S/C3H11NO7P2.Tc/c4-2-1-3(5,12(6,7)8)13(9,10)11;/h5H,1-2,4H2,(H2,6,7,8)(H2,9,10,11);/q;+4/p-4. The maximum absolute atomic E-state index is 10.3. The van der Waals surface area contributed by atoms with E-state index in [2.05, 4.69) is 0 Å². The quantitative estimate of drug-likeness (QED) is 0.488. The molecule has 0 fully saturated rings. The van der Waals surface area contributed by atoms with Crippen LogP contribution in [-0.2, 0) is 29.2 Å². The van der Waals surface area contributed by atoms with Crippen LogP contribution in [0, 0.1) is 0 Å². The van der Waals surface area contributed by atoms with Crippen LogP contribution in [0.5, 0.6) is 0 Å². The second-order valence-electron chi connectivity index (χ2n) is 2.31. The summed E-state index contributed by atoms with van der Waals surface area (Å²) in [6.45, 7) is -0.612. The monoisotopic (exact) mass is 328 g/mol. The van der Waals surface area contributed by atoms with Gasteiger partial charge in [0.15, 0.2) is 0 Å². The van der Waals surface area contributed by atoms with E-state index in [1.165, 1.54) is 0 Å². The van der Waals surface area contributed by atoms with Crippen LogP contribution in [0.1, 0.15) is 6.42 Å². The Labute approximate surface area is 93.2 Å². The van der Waals surface area contributed by atoms with Crippen molar-refractivity contribution in [1.82, 2.24) is 0 Å². The van der Waals surface area contributed by atoms with Crippen molar-refractivity contribution in [3.05, 3.63) is 0 Å². The van der Waals surface area contributed by atoms with Gasteiger partial charge in [0, 0.05) is 0 Å². The average molecular weight is 329 g/mol. The van der Waals surface area contributed by atoms with E-state index in [9.17, 15) is 28.7 Å². The first kappa shape index (κ1) is 17.3. The van der Waals surface area contributed by atoms with Gasteiger partial charge in [0.05, 0.1) is 0 Å². The zero-order valence-electron chi connectivity index (χ0n) is 6.66. The normalized spacial score (nSPS) is 13.6. The average Bonchev–Trinajstić information content (AvgIpc) is 1.82. The minimum absolute atomic E-state index is 0. The Balaban J connectivity index is 0. The Morgan fingerprint density at radius 2 is 1.43 bits per heavy atom. The Kier molecular flexibility index (Phi) is 6.51. The fourth-order valence-corrected chi connectivity index (χ4v) is 2.62. The van der Waals surface area contributed by atoms with Gasteiger partial charge < -0.3 is 39.5 Å². The molecule has 8 nitrogen and oxygen atoms in total. The topological polar surface area (TPSA) is 173 Å². The van der Waals surface area contributed by atoms with E-state index in [1.807, 2.05) is 0 Å². The minimum atomic E-state index is -5.94. The Morgan fingerprint density at radius 3 is 1.50 bits per heavy atom. The third kappa shape index (κ3) is 3.47. The van der Waals surface area contributed by atoms with Crippen molar-refractivity contribution in [2.45, 2.75) is 11.5 Å². The molecule has 0 bridgehead atoms. The summed E-state index contributed by atoms with van der Waals surface area (Å²) in [5, 5.41) is 5.02. The Hall–Kier alpha value is 0.869. The first-order valence-electron chi connectivity index (χ1n) is 3.03. The van der Waals surface area contributed by atoms with Crippen molar-refractivity contribution >= 4 is 15.2 Å². The fraction of sp³-hybridized carbons (Fsp3) is 1.00. The molecule has 0 amide bonds. The van der Waals surface area contributed by atoms with E-state index in [-0.39, 0.29) is 20.1 Å². The molecular weight excluding hydrogens is 322 g/mol. The molecule has 11 heteroatoms. The molecule has 3 N–H and O–H groups in total. The van der Waals surface area contributed by atoms with Gasteiger partial charge in [0.25, 0.3) is 0 Å². The van der Waals surface area contributed by atoms with Crippen molar-refractivity contribution in [3.63, 3.8) is 0 Å². The molecule has 0 atom stereocenters. The number of rotatable bonds is 4. The van der Waals surface area contributed by atoms with E-state index in [1.54, 1.807) is 0 Å². The Bertz CT molecular complexity index is 248. The molecule has 0 aromatic rings. The molecule has 14 heavy (non-hydrogen) atoms. The number of nitrogens with two attached hydrogens (primary N) is 1. The van der Waals surface area contributed by atoms with Gasteiger partial charge in [-0.2, -0.15) is 0 Å². The van der Waals surface area contributed by atoms with Crippen LogP contribution in [0.2, 0.25) is 0 Å². The summed E-state index contributed by atoms with van der Waals surface area (Å²) in [7, 11) is -11.9. The van der Waals surface area contributed by atoms with Crippen LogP contribution in [0.3, 0.4) is 0 Å². The first-order valence-corrected chi connectivity index (χ1v) is 6.11. The maximum Gasteiger partial charge on any atom is 4.00 e.